The molecule has 4 nitrogen and oxygen atoms in total. The topological polar surface area (TPSA) is 67.1 Å². The van der Waals surface area contributed by atoms with Crippen LogP contribution in [0.3, 0.4) is 0 Å². The molecule has 1 saturated carbocycles. The molecular formula is C13H16FN3OS. The number of benzene rings is 1. The Labute approximate surface area is 116 Å². The first-order chi connectivity index (χ1) is 9.08. The van der Waals surface area contributed by atoms with Gasteiger partial charge in [-0.1, -0.05) is 30.8 Å². The standard InChI is InChI=1S/C13H16FN3OS/c14-9-5-1-2-6-11(9)17-13(18)16-10-7-3-4-8(10)12(15)19/h1-2,5-6,8,10H,3-4,7H2,(H2,15,19)(H2,16,17,18). The molecule has 2 unspecified atom stereocenters. The number of halogens is 1. The summed E-state index contributed by atoms with van der Waals surface area (Å²) >= 11 is 4.98. The molecule has 6 heteroatoms. The minimum atomic E-state index is -0.463. The molecule has 0 saturated heterocycles. The third-order valence-corrected chi connectivity index (χ3v) is 3.62. The monoisotopic (exact) mass is 281 g/mol. The van der Waals surface area contributed by atoms with E-state index in [-0.39, 0.29) is 17.6 Å². The molecule has 0 spiro atoms. The zero-order valence-electron chi connectivity index (χ0n) is 10.4. The van der Waals surface area contributed by atoms with Crippen LogP contribution in [0.5, 0.6) is 0 Å². The minimum Gasteiger partial charge on any atom is -0.393 e. The summed E-state index contributed by atoms with van der Waals surface area (Å²) < 4.78 is 13.4. The van der Waals surface area contributed by atoms with E-state index in [4.69, 9.17) is 18.0 Å². The van der Waals surface area contributed by atoms with E-state index < -0.39 is 11.8 Å². The highest BCUT2D eigenvalue weighted by molar-refractivity contribution is 7.80. The average molecular weight is 281 g/mol. The van der Waals surface area contributed by atoms with E-state index >= 15 is 0 Å². The maximum Gasteiger partial charge on any atom is 0.319 e. The Morgan fingerprint density at radius 2 is 2.11 bits per heavy atom. The molecule has 0 bridgehead atoms. The van der Waals surface area contributed by atoms with E-state index in [0.717, 1.165) is 19.3 Å². The molecule has 1 aliphatic carbocycles. The predicted octanol–water partition coefficient (Wildman–Crippen LogP) is 2.40. The summed E-state index contributed by atoms with van der Waals surface area (Å²) in [6.07, 6.45) is 2.71. The largest absolute Gasteiger partial charge is 0.393 e. The van der Waals surface area contributed by atoms with Crippen molar-refractivity contribution in [1.29, 1.82) is 0 Å². The molecule has 1 aliphatic rings. The normalized spacial score (nSPS) is 21.9. The van der Waals surface area contributed by atoms with Crippen LogP contribution in [0.2, 0.25) is 0 Å². The highest BCUT2D eigenvalue weighted by Crippen LogP contribution is 2.26. The molecule has 2 rings (SSSR count). The Bertz CT molecular complexity index is 495. The second-order valence-corrected chi connectivity index (χ2v) is 5.10. The van der Waals surface area contributed by atoms with Crippen LogP contribution in [0.4, 0.5) is 14.9 Å². The maximum absolute atomic E-state index is 13.4. The highest BCUT2D eigenvalue weighted by Gasteiger charge is 2.30. The van der Waals surface area contributed by atoms with E-state index in [0.29, 0.717) is 4.99 Å². The van der Waals surface area contributed by atoms with Gasteiger partial charge in [-0.2, -0.15) is 0 Å². The lowest BCUT2D eigenvalue weighted by molar-refractivity contribution is 0.247. The lowest BCUT2D eigenvalue weighted by Gasteiger charge is -2.20. The molecule has 2 amide bonds. The first kappa shape index (κ1) is 13.7. The fourth-order valence-electron chi connectivity index (χ4n) is 2.36. The number of rotatable bonds is 3. The Hall–Kier alpha value is -1.69. The highest BCUT2D eigenvalue weighted by atomic mass is 32.1. The van der Waals surface area contributed by atoms with Gasteiger partial charge in [0, 0.05) is 12.0 Å². The Morgan fingerprint density at radius 1 is 1.37 bits per heavy atom. The molecule has 2 atom stereocenters. The second-order valence-electron chi connectivity index (χ2n) is 4.62. The molecule has 0 aromatic heterocycles. The summed E-state index contributed by atoms with van der Waals surface area (Å²) in [4.78, 5) is 12.2. The predicted molar refractivity (Wildman–Crippen MR) is 76.5 cm³/mol. The number of amides is 2. The molecule has 4 N–H and O–H groups in total. The molecule has 1 aromatic rings. The number of urea groups is 1. The Kier molecular flexibility index (Phi) is 4.31. The molecule has 102 valence electrons. The molecular weight excluding hydrogens is 265 g/mol. The van der Waals surface area contributed by atoms with E-state index in [1.807, 2.05) is 0 Å². The maximum atomic E-state index is 13.4. The van der Waals surface area contributed by atoms with Crippen molar-refractivity contribution in [3.63, 3.8) is 0 Å². The molecule has 0 heterocycles. The third kappa shape index (κ3) is 3.41. The van der Waals surface area contributed by atoms with Crippen molar-refractivity contribution >= 4 is 28.9 Å². The zero-order valence-corrected chi connectivity index (χ0v) is 11.2. The van der Waals surface area contributed by atoms with Crippen LogP contribution in [-0.2, 0) is 0 Å². The van der Waals surface area contributed by atoms with Gasteiger partial charge >= 0.3 is 6.03 Å². The summed E-state index contributed by atoms with van der Waals surface area (Å²) in [6, 6.07) is 5.53. The number of thiocarbonyl (C=S) groups is 1. The number of hydrogen-bond acceptors (Lipinski definition) is 2. The quantitative estimate of drug-likeness (QED) is 0.745. The molecule has 1 aromatic carbocycles. The fraction of sp³-hybridized carbons (Fsp3) is 0.385. The molecule has 0 aliphatic heterocycles. The van der Waals surface area contributed by atoms with Crippen molar-refractivity contribution in [1.82, 2.24) is 5.32 Å². The smallest absolute Gasteiger partial charge is 0.319 e. The van der Waals surface area contributed by atoms with Gasteiger partial charge in [0.05, 0.1) is 10.7 Å². The number of nitrogens with one attached hydrogen (secondary N) is 2. The van der Waals surface area contributed by atoms with Crippen molar-refractivity contribution in [2.24, 2.45) is 11.7 Å². The van der Waals surface area contributed by atoms with Crippen LogP contribution in [0.1, 0.15) is 19.3 Å². The summed E-state index contributed by atoms with van der Waals surface area (Å²) in [7, 11) is 0. The van der Waals surface area contributed by atoms with Crippen LogP contribution >= 0.6 is 12.2 Å². The number of anilines is 1. The van der Waals surface area contributed by atoms with Crippen LogP contribution < -0.4 is 16.4 Å². The zero-order chi connectivity index (χ0) is 13.8. The van der Waals surface area contributed by atoms with Gasteiger partial charge in [0.1, 0.15) is 5.82 Å². The van der Waals surface area contributed by atoms with E-state index in [1.165, 1.54) is 12.1 Å². The number of para-hydroxylation sites is 1. The van der Waals surface area contributed by atoms with E-state index in [9.17, 15) is 9.18 Å². The second kappa shape index (κ2) is 5.97. The van der Waals surface area contributed by atoms with Gasteiger partial charge in [0.15, 0.2) is 0 Å². The molecule has 19 heavy (non-hydrogen) atoms. The Morgan fingerprint density at radius 3 is 2.79 bits per heavy atom. The van der Waals surface area contributed by atoms with Crippen molar-refractivity contribution in [2.45, 2.75) is 25.3 Å². The van der Waals surface area contributed by atoms with E-state index in [1.54, 1.807) is 12.1 Å². The summed E-state index contributed by atoms with van der Waals surface area (Å²) in [6.45, 7) is 0. The van der Waals surface area contributed by atoms with Gasteiger partial charge in [-0.25, -0.2) is 9.18 Å². The van der Waals surface area contributed by atoms with Crippen molar-refractivity contribution < 1.29 is 9.18 Å². The van der Waals surface area contributed by atoms with Gasteiger partial charge in [0.25, 0.3) is 0 Å². The minimum absolute atomic E-state index is 0.0290. The first-order valence-corrected chi connectivity index (χ1v) is 6.60. The summed E-state index contributed by atoms with van der Waals surface area (Å²) in [5, 5.41) is 5.29. The average Bonchev–Trinajstić information content (AvgIpc) is 2.80. The number of nitrogens with two attached hydrogens (primary N) is 1. The number of carbonyl (C=O) groups excluding carboxylic acids is 1. The van der Waals surface area contributed by atoms with Crippen LogP contribution in [0.25, 0.3) is 0 Å². The van der Waals surface area contributed by atoms with Gasteiger partial charge in [-0.05, 0) is 25.0 Å². The molecule has 0 radical (unpaired) electrons. The first-order valence-electron chi connectivity index (χ1n) is 6.19. The van der Waals surface area contributed by atoms with E-state index in [2.05, 4.69) is 10.6 Å². The third-order valence-electron chi connectivity index (χ3n) is 3.32. The SMILES string of the molecule is NC(=S)C1CCCC1NC(=O)Nc1ccccc1F. The fourth-order valence-corrected chi connectivity index (χ4v) is 2.64. The molecule has 1 fully saturated rings. The van der Waals surface area contributed by atoms with Crippen LogP contribution in [0.15, 0.2) is 24.3 Å². The summed E-state index contributed by atoms with van der Waals surface area (Å²) in [5.41, 5.74) is 5.80. The van der Waals surface area contributed by atoms with Crippen LogP contribution in [0, 0.1) is 11.7 Å². The van der Waals surface area contributed by atoms with Crippen molar-refractivity contribution in [3.8, 4) is 0 Å². The number of hydrogen-bond donors (Lipinski definition) is 3. The summed E-state index contributed by atoms with van der Waals surface area (Å²) in [5.74, 6) is -0.434. The van der Waals surface area contributed by atoms with Crippen molar-refractivity contribution in [2.75, 3.05) is 5.32 Å². The Balaban J connectivity index is 1.95. The number of carbonyl (C=O) groups is 1. The van der Waals surface area contributed by atoms with Gasteiger partial charge in [-0.15, -0.1) is 0 Å². The van der Waals surface area contributed by atoms with Gasteiger partial charge in [-0.3, -0.25) is 0 Å². The van der Waals surface area contributed by atoms with Gasteiger partial charge in [0.2, 0.25) is 0 Å². The van der Waals surface area contributed by atoms with Gasteiger partial charge < -0.3 is 16.4 Å². The van der Waals surface area contributed by atoms with Crippen molar-refractivity contribution in [3.05, 3.63) is 30.1 Å². The lowest BCUT2D eigenvalue weighted by atomic mass is 10.0. The van der Waals surface area contributed by atoms with Crippen LogP contribution in [-0.4, -0.2) is 17.1 Å². The lowest BCUT2D eigenvalue weighted by Crippen LogP contribution is -2.43.